The number of likely N-dealkylation sites (tertiary alicyclic amines) is 1. The zero-order valence-corrected chi connectivity index (χ0v) is 16.9. The van der Waals surface area contributed by atoms with Crippen LogP contribution >= 0.6 is 0 Å². The van der Waals surface area contributed by atoms with Gasteiger partial charge in [0.15, 0.2) is 11.4 Å². The monoisotopic (exact) mass is 405 g/mol. The topological polar surface area (TPSA) is 92.4 Å². The quantitative estimate of drug-likeness (QED) is 0.630. The van der Waals surface area contributed by atoms with Gasteiger partial charge in [-0.2, -0.15) is 5.10 Å². The van der Waals surface area contributed by atoms with Crippen LogP contribution in [0.25, 0.3) is 17.1 Å². The number of benzene rings is 1. The fourth-order valence-electron chi connectivity index (χ4n) is 4.17. The van der Waals surface area contributed by atoms with Gasteiger partial charge in [-0.1, -0.05) is 0 Å². The van der Waals surface area contributed by atoms with Crippen molar-refractivity contribution in [3.63, 3.8) is 0 Å². The molecule has 0 spiro atoms. The fourth-order valence-corrected chi connectivity index (χ4v) is 4.17. The molecule has 8 nitrogen and oxygen atoms in total. The maximum Gasteiger partial charge on any atom is 0.232 e. The summed E-state index contributed by atoms with van der Waals surface area (Å²) in [5.41, 5.74) is 2.75. The number of methoxy groups -OCH3 is 1. The van der Waals surface area contributed by atoms with Crippen LogP contribution in [-0.2, 0) is 6.54 Å². The Morgan fingerprint density at radius 2 is 2.30 bits per heavy atom. The highest BCUT2D eigenvalue weighted by Gasteiger charge is 2.33. The normalized spacial score (nSPS) is 20.1. The highest BCUT2D eigenvalue weighted by Crippen LogP contribution is 2.41. The van der Waals surface area contributed by atoms with Crippen LogP contribution < -0.4 is 14.8 Å². The average Bonchev–Trinajstić information content (AvgIpc) is 3.47. The molecule has 0 radical (unpaired) electrons. The van der Waals surface area contributed by atoms with Crippen molar-refractivity contribution >= 4 is 22.9 Å². The molecule has 0 amide bonds. The van der Waals surface area contributed by atoms with Gasteiger partial charge in [-0.3, -0.25) is 14.8 Å². The van der Waals surface area contributed by atoms with E-state index in [4.69, 9.17) is 9.47 Å². The van der Waals surface area contributed by atoms with Crippen LogP contribution in [0.3, 0.4) is 0 Å². The summed E-state index contributed by atoms with van der Waals surface area (Å²) in [6.07, 6.45) is 4.46. The summed E-state index contributed by atoms with van der Waals surface area (Å²) >= 11 is 0. The molecule has 0 saturated carbocycles. The molecule has 2 aromatic heterocycles. The molecule has 8 heteroatoms. The molecular weight excluding hydrogens is 382 g/mol. The lowest BCUT2D eigenvalue weighted by atomic mass is 10.0. The van der Waals surface area contributed by atoms with Gasteiger partial charge in [-0.25, -0.2) is 4.98 Å². The first-order chi connectivity index (χ1) is 14.7. The third-order valence-electron chi connectivity index (χ3n) is 5.81. The van der Waals surface area contributed by atoms with Crippen molar-refractivity contribution in [2.75, 3.05) is 27.2 Å². The molecule has 4 heterocycles. The Hall–Kier alpha value is -3.23. The van der Waals surface area contributed by atoms with Gasteiger partial charge in [-0.05, 0) is 37.7 Å². The van der Waals surface area contributed by atoms with Crippen molar-refractivity contribution < 1.29 is 14.3 Å². The number of carbonyl (C=O) groups is 1. The van der Waals surface area contributed by atoms with E-state index in [-0.39, 0.29) is 11.5 Å². The van der Waals surface area contributed by atoms with Gasteiger partial charge < -0.3 is 14.8 Å². The SMILES string of the molecule is CN[C@H]1CCN(Cc2c(OC)ccc3c2O/C(=C\c2n[nH]c4ncccc24)C3=O)C1. The van der Waals surface area contributed by atoms with Crippen molar-refractivity contribution in [2.45, 2.75) is 19.0 Å². The number of hydrogen-bond acceptors (Lipinski definition) is 7. The Morgan fingerprint density at radius 1 is 1.40 bits per heavy atom. The van der Waals surface area contributed by atoms with E-state index in [1.54, 1.807) is 25.4 Å². The Bertz CT molecular complexity index is 1150. The minimum absolute atomic E-state index is 0.150. The number of H-pyrrole nitrogens is 1. The molecule has 0 unspecified atom stereocenters. The number of carbonyl (C=O) groups excluding carboxylic acids is 1. The molecule has 1 fully saturated rings. The predicted molar refractivity (Wildman–Crippen MR) is 113 cm³/mol. The number of pyridine rings is 1. The summed E-state index contributed by atoms with van der Waals surface area (Å²) in [4.78, 5) is 19.6. The minimum Gasteiger partial charge on any atom is -0.496 e. The number of Topliss-reactive ketones (excluding diaryl/α,β-unsaturated/α-hetero) is 1. The van der Waals surface area contributed by atoms with Gasteiger partial charge in [0.05, 0.1) is 23.9 Å². The molecule has 30 heavy (non-hydrogen) atoms. The summed E-state index contributed by atoms with van der Waals surface area (Å²) in [7, 11) is 3.63. The number of fused-ring (bicyclic) bond motifs is 2. The van der Waals surface area contributed by atoms with Gasteiger partial charge in [0.1, 0.15) is 11.5 Å². The van der Waals surface area contributed by atoms with Crippen molar-refractivity contribution in [1.29, 1.82) is 0 Å². The largest absolute Gasteiger partial charge is 0.496 e. The maximum absolute atomic E-state index is 13.0. The van der Waals surface area contributed by atoms with Crippen LogP contribution in [0.2, 0.25) is 0 Å². The Labute approximate surface area is 173 Å². The molecule has 2 aliphatic heterocycles. The Kier molecular flexibility index (Phi) is 4.72. The van der Waals surface area contributed by atoms with E-state index in [1.165, 1.54) is 0 Å². The molecule has 1 aromatic carbocycles. The number of aromatic nitrogens is 3. The van der Waals surface area contributed by atoms with Crippen LogP contribution in [0.5, 0.6) is 11.5 Å². The maximum atomic E-state index is 13.0. The number of aromatic amines is 1. The average molecular weight is 405 g/mol. The zero-order chi connectivity index (χ0) is 20.7. The van der Waals surface area contributed by atoms with Crippen LogP contribution in [0.4, 0.5) is 0 Å². The molecule has 0 aliphatic carbocycles. The molecule has 2 aliphatic rings. The summed E-state index contributed by atoms with van der Waals surface area (Å²) < 4.78 is 11.7. The lowest BCUT2D eigenvalue weighted by Crippen LogP contribution is -2.29. The number of nitrogens with one attached hydrogen (secondary N) is 2. The smallest absolute Gasteiger partial charge is 0.232 e. The number of ether oxygens (including phenoxy) is 2. The van der Waals surface area contributed by atoms with Gasteiger partial charge in [0.25, 0.3) is 0 Å². The van der Waals surface area contributed by atoms with Gasteiger partial charge in [0.2, 0.25) is 5.78 Å². The van der Waals surface area contributed by atoms with Gasteiger partial charge >= 0.3 is 0 Å². The first kappa shape index (κ1) is 18.8. The number of likely N-dealkylation sites (N-methyl/N-ethyl adjacent to an activating group) is 1. The summed E-state index contributed by atoms with van der Waals surface area (Å²) in [5, 5.41) is 11.3. The van der Waals surface area contributed by atoms with Crippen LogP contribution in [0, 0.1) is 0 Å². The van der Waals surface area contributed by atoms with Crippen LogP contribution in [0.1, 0.15) is 28.0 Å². The van der Waals surface area contributed by atoms with Crippen molar-refractivity contribution in [2.24, 2.45) is 0 Å². The third kappa shape index (κ3) is 3.14. The summed E-state index contributed by atoms with van der Waals surface area (Å²) in [6, 6.07) is 7.84. The van der Waals surface area contributed by atoms with Crippen molar-refractivity contribution in [1.82, 2.24) is 25.4 Å². The molecule has 154 valence electrons. The number of ketones is 1. The highest BCUT2D eigenvalue weighted by atomic mass is 16.5. The van der Waals surface area contributed by atoms with E-state index in [2.05, 4.69) is 25.4 Å². The predicted octanol–water partition coefficient (Wildman–Crippen LogP) is 2.38. The van der Waals surface area contributed by atoms with E-state index in [9.17, 15) is 4.79 Å². The van der Waals surface area contributed by atoms with Crippen molar-refractivity contribution in [3.8, 4) is 11.5 Å². The Balaban J connectivity index is 1.49. The number of hydrogen-bond donors (Lipinski definition) is 2. The second kappa shape index (κ2) is 7.55. The number of rotatable bonds is 5. The van der Waals surface area contributed by atoms with E-state index < -0.39 is 0 Å². The summed E-state index contributed by atoms with van der Waals surface area (Å²) in [6.45, 7) is 2.60. The van der Waals surface area contributed by atoms with Crippen LogP contribution in [-0.4, -0.2) is 59.2 Å². The molecule has 1 atom stereocenters. The molecule has 2 N–H and O–H groups in total. The summed E-state index contributed by atoms with van der Waals surface area (Å²) in [5.74, 6) is 1.41. The lowest BCUT2D eigenvalue weighted by Gasteiger charge is -2.19. The third-order valence-corrected chi connectivity index (χ3v) is 5.81. The molecule has 1 saturated heterocycles. The first-order valence-corrected chi connectivity index (χ1v) is 10.0. The van der Waals surface area contributed by atoms with E-state index in [0.29, 0.717) is 35.2 Å². The van der Waals surface area contributed by atoms with Crippen LogP contribution in [0.15, 0.2) is 36.2 Å². The second-order valence-electron chi connectivity index (χ2n) is 7.58. The fraction of sp³-hybridized carbons (Fsp3) is 0.318. The first-order valence-electron chi connectivity index (χ1n) is 10.0. The van der Waals surface area contributed by atoms with Gasteiger partial charge in [0, 0.05) is 43.3 Å². The highest BCUT2D eigenvalue weighted by molar-refractivity contribution is 6.15. The van der Waals surface area contributed by atoms with E-state index in [0.717, 1.165) is 36.2 Å². The Morgan fingerprint density at radius 3 is 3.10 bits per heavy atom. The number of allylic oxidation sites excluding steroid dienone is 1. The van der Waals surface area contributed by atoms with E-state index in [1.807, 2.05) is 25.2 Å². The number of nitrogens with zero attached hydrogens (tertiary/aromatic N) is 3. The van der Waals surface area contributed by atoms with Gasteiger partial charge in [-0.15, -0.1) is 0 Å². The van der Waals surface area contributed by atoms with E-state index >= 15 is 0 Å². The molecular formula is C22H23N5O3. The minimum atomic E-state index is -0.150. The lowest BCUT2D eigenvalue weighted by molar-refractivity contribution is 0.101. The second-order valence-corrected chi connectivity index (χ2v) is 7.58. The molecule has 5 rings (SSSR count). The zero-order valence-electron chi connectivity index (χ0n) is 16.9. The standard InChI is InChI=1S/C22H23N5O3/c1-23-13-7-9-27(11-13)12-16-18(29-2)6-5-15-20(28)19(30-21(15)16)10-17-14-4-3-8-24-22(14)26-25-17/h3-6,8,10,13,23H,7,9,11-12H2,1-2H3,(H,24,25,26)/b19-10-/t13-/m0/s1. The molecule has 3 aromatic rings. The van der Waals surface area contributed by atoms with Crippen molar-refractivity contribution in [3.05, 3.63) is 53.0 Å². The molecule has 0 bridgehead atoms.